The number of carbonyl (C=O) groups excluding carboxylic acids is 3. The predicted molar refractivity (Wildman–Crippen MR) is 116 cm³/mol. The molecule has 0 radical (unpaired) electrons. The molecule has 33 heavy (non-hydrogen) atoms. The summed E-state index contributed by atoms with van der Waals surface area (Å²) in [5.41, 5.74) is 0.492. The molecule has 3 aromatic rings. The number of amides is 2. The van der Waals surface area contributed by atoms with Crippen LogP contribution in [0.1, 0.15) is 45.0 Å². The molecule has 0 aromatic heterocycles. The molecule has 2 amide bonds. The van der Waals surface area contributed by atoms with Crippen LogP contribution in [0.5, 0.6) is 23.0 Å². The molecule has 2 atom stereocenters. The normalized spacial score (nSPS) is 22.6. The summed E-state index contributed by atoms with van der Waals surface area (Å²) in [5.74, 6) is -2.28. The van der Waals surface area contributed by atoms with Gasteiger partial charge in [-0.25, -0.2) is 8.72 Å². The highest BCUT2D eigenvalue weighted by Crippen LogP contribution is 2.59. The fourth-order valence-electron chi connectivity index (χ4n) is 4.94. The van der Waals surface area contributed by atoms with E-state index < -0.39 is 29.3 Å². The Labute approximate surface area is 195 Å². The monoisotopic (exact) mass is 507 g/mol. The summed E-state index contributed by atoms with van der Waals surface area (Å²) in [6, 6.07) is 14.1. The van der Waals surface area contributed by atoms with Crippen molar-refractivity contribution in [1.29, 1.82) is 0 Å². The molecular weight excluding hydrogens is 494 g/mol. The minimum Gasteiger partial charge on any atom is -0.508 e. The van der Waals surface area contributed by atoms with E-state index in [1.165, 1.54) is 24.3 Å². The fourth-order valence-corrected chi connectivity index (χ4v) is 5.33. The summed E-state index contributed by atoms with van der Waals surface area (Å²) in [4.78, 5) is 38.2. The Kier molecular flexibility index (Phi) is 3.95. The molecule has 1 saturated heterocycles. The summed E-state index contributed by atoms with van der Waals surface area (Å²) in [6.45, 7) is 0. The van der Waals surface area contributed by atoms with E-state index in [0.717, 1.165) is 3.93 Å². The smallest absolute Gasteiger partial charge is 0.340 e. The minimum atomic E-state index is -1.50. The second-order valence-corrected chi connectivity index (χ2v) is 8.79. The van der Waals surface area contributed by atoms with Crippen LogP contribution in [-0.2, 0) is 19.9 Å². The second kappa shape index (κ2) is 6.58. The molecule has 1 fully saturated rings. The number of hydrogen-bond acceptors (Lipinski definition) is 7. The Balaban J connectivity index is 1.72. The molecule has 3 heterocycles. The zero-order valence-electron chi connectivity index (χ0n) is 16.7. The number of ether oxygens (including phenoxy) is 2. The zero-order valence-corrected chi connectivity index (χ0v) is 18.3. The number of hydrogen-bond donors (Lipinski definition) is 2. The van der Waals surface area contributed by atoms with Crippen molar-refractivity contribution >= 4 is 33.9 Å². The Hall–Kier alpha value is -3.85. The van der Waals surface area contributed by atoms with E-state index >= 15 is 0 Å². The van der Waals surface area contributed by atoms with Gasteiger partial charge >= 0.3 is 5.97 Å². The van der Waals surface area contributed by atoms with Crippen molar-refractivity contribution in [3.05, 3.63) is 82.4 Å². The van der Waals surface area contributed by atoms with E-state index in [-0.39, 0.29) is 29.4 Å². The van der Waals surface area contributed by atoms with Crippen molar-refractivity contribution in [2.45, 2.75) is 17.9 Å². The maximum atomic E-state index is 13.0. The first-order valence-electron chi connectivity index (χ1n) is 10.1. The predicted octanol–water partition coefficient (Wildman–Crippen LogP) is 3.82. The summed E-state index contributed by atoms with van der Waals surface area (Å²) in [6.07, 6.45) is -0.131. The summed E-state index contributed by atoms with van der Waals surface area (Å²) in [5, 5.41) is 20.5. The van der Waals surface area contributed by atoms with Crippen molar-refractivity contribution < 1.29 is 34.1 Å². The number of imide groups is 1. The molecular formula is C24H14BrNO7. The Morgan fingerprint density at radius 3 is 2.45 bits per heavy atom. The maximum absolute atomic E-state index is 13.0. The quantitative estimate of drug-likeness (QED) is 0.292. The molecule has 9 heteroatoms. The highest BCUT2D eigenvalue weighted by Gasteiger charge is 2.56. The zero-order chi connectivity index (χ0) is 23.1. The van der Waals surface area contributed by atoms with Crippen LogP contribution in [0, 0.1) is 0 Å². The Bertz CT molecular complexity index is 1420. The van der Waals surface area contributed by atoms with Crippen molar-refractivity contribution in [2.75, 3.05) is 0 Å². The second-order valence-electron chi connectivity index (χ2n) is 8.08. The molecule has 6 rings (SSSR count). The van der Waals surface area contributed by atoms with E-state index in [9.17, 15) is 24.6 Å². The molecule has 0 bridgehead atoms. The van der Waals surface area contributed by atoms with Crippen molar-refractivity contribution in [3.8, 4) is 23.0 Å². The van der Waals surface area contributed by atoms with Crippen LogP contribution in [0.2, 0.25) is 0 Å². The van der Waals surface area contributed by atoms with Gasteiger partial charge in [0.15, 0.2) is 5.60 Å². The van der Waals surface area contributed by atoms with Crippen LogP contribution in [0.4, 0.5) is 0 Å². The lowest BCUT2D eigenvalue weighted by Crippen LogP contribution is -2.35. The molecule has 3 aliphatic heterocycles. The van der Waals surface area contributed by atoms with Crippen LogP contribution in [0.15, 0.2) is 54.6 Å². The third-order valence-electron chi connectivity index (χ3n) is 6.27. The molecule has 8 nitrogen and oxygen atoms in total. The first-order chi connectivity index (χ1) is 15.8. The van der Waals surface area contributed by atoms with Gasteiger partial charge in [-0.1, -0.05) is 18.2 Å². The highest BCUT2D eigenvalue weighted by atomic mass is 79.9. The molecule has 2 unspecified atom stereocenters. The van der Waals surface area contributed by atoms with Gasteiger partial charge < -0.3 is 19.7 Å². The lowest BCUT2D eigenvalue weighted by molar-refractivity contribution is -0.131. The standard InChI is InChI=1S/C24H14BrNO7/c25-26-20(29)10-15(22(26)30)14-7-12(28)9-19-21(14)24(17-6-5-11(27)8-18(17)32-19)16-4-2-1-3-13(16)23(31)33-24/h1-9,15,27-28H,10H2. The largest absolute Gasteiger partial charge is 0.508 e. The minimum absolute atomic E-state index is 0.0585. The van der Waals surface area contributed by atoms with Gasteiger partial charge in [-0.3, -0.25) is 9.59 Å². The van der Waals surface area contributed by atoms with Crippen LogP contribution in [0.3, 0.4) is 0 Å². The van der Waals surface area contributed by atoms with Crippen LogP contribution in [0.25, 0.3) is 0 Å². The summed E-state index contributed by atoms with van der Waals surface area (Å²) in [7, 11) is 0. The number of carbonyl (C=O) groups is 3. The van der Waals surface area contributed by atoms with E-state index in [1.54, 1.807) is 30.3 Å². The summed E-state index contributed by atoms with van der Waals surface area (Å²) < 4.78 is 13.0. The van der Waals surface area contributed by atoms with Gasteiger partial charge in [0, 0.05) is 29.7 Å². The van der Waals surface area contributed by atoms with E-state index in [0.29, 0.717) is 27.8 Å². The van der Waals surface area contributed by atoms with Crippen LogP contribution < -0.4 is 4.74 Å². The van der Waals surface area contributed by atoms with Crippen LogP contribution in [-0.4, -0.2) is 31.9 Å². The third-order valence-corrected chi connectivity index (χ3v) is 7.02. The Morgan fingerprint density at radius 2 is 1.70 bits per heavy atom. The number of esters is 1. The lowest BCUT2D eigenvalue weighted by Gasteiger charge is -2.38. The van der Waals surface area contributed by atoms with Gasteiger partial charge in [-0.05, 0) is 29.8 Å². The van der Waals surface area contributed by atoms with Gasteiger partial charge in [0.05, 0.1) is 33.2 Å². The first-order valence-corrected chi connectivity index (χ1v) is 10.8. The van der Waals surface area contributed by atoms with E-state index in [1.807, 2.05) is 0 Å². The van der Waals surface area contributed by atoms with Crippen molar-refractivity contribution in [3.63, 3.8) is 0 Å². The molecule has 2 N–H and O–H groups in total. The van der Waals surface area contributed by atoms with Crippen LogP contribution >= 0.6 is 16.1 Å². The van der Waals surface area contributed by atoms with Crippen molar-refractivity contribution in [2.24, 2.45) is 0 Å². The van der Waals surface area contributed by atoms with Gasteiger partial charge in [-0.15, -0.1) is 0 Å². The summed E-state index contributed by atoms with van der Waals surface area (Å²) >= 11 is 2.99. The van der Waals surface area contributed by atoms with Gasteiger partial charge in [0.25, 0.3) is 0 Å². The molecule has 0 saturated carbocycles. The molecule has 164 valence electrons. The number of nitrogens with zero attached hydrogens (tertiary/aromatic N) is 1. The number of fused-ring (bicyclic) bond motifs is 6. The molecule has 1 spiro atoms. The number of aromatic hydroxyl groups is 2. The Morgan fingerprint density at radius 1 is 0.939 bits per heavy atom. The maximum Gasteiger partial charge on any atom is 0.340 e. The topological polar surface area (TPSA) is 113 Å². The number of benzene rings is 3. The van der Waals surface area contributed by atoms with E-state index in [2.05, 4.69) is 16.1 Å². The molecule has 3 aromatic carbocycles. The third kappa shape index (κ3) is 2.53. The fraction of sp³-hybridized carbons (Fsp3) is 0.125. The van der Waals surface area contributed by atoms with Gasteiger partial charge in [0.1, 0.15) is 23.0 Å². The number of halogens is 1. The number of phenols is 2. The lowest BCUT2D eigenvalue weighted by atomic mass is 9.73. The molecule has 3 aliphatic rings. The van der Waals surface area contributed by atoms with E-state index in [4.69, 9.17) is 9.47 Å². The number of rotatable bonds is 1. The average Bonchev–Trinajstić information content (AvgIpc) is 3.22. The first kappa shape index (κ1) is 19.8. The molecule has 0 aliphatic carbocycles. The number of phenolic OH excluding ortho intramolecular Hbond substituents is 2. The van der Waals surface area contributed by atoms with Crippen molar-refractivity contribution in [1.82, 2.24) is 3.93 Å². The van der Waals surface area contributed by atoms with Gasteiger partial charge in [-0.2, -0.15) is 0 Å². The average molecular weight is 508 g/mol. The van der Waals surface area contributed by atoms with Gasteiger partial charge in [0.2, 0.25) is 11.8 Å². The highest BCUT2D eigenvalue weighted by molar-refractivity contribution is 9.08. The SMILES string of the molecule is O=C1OC2(c3ccc(O)cc3Oc3cc(O)cc(C4CC(=O)N(Br)C4=O)c32)c2ccccc21.